The van der Waals surface area contributed by atoms with E-state index >= 15 is 0 Å². The highest BCUT2D eigenvalue weighted by atomic mass is 16.5. The van der Waals surface area contributed by atoms with E-state index in [0.29, 0.717) is 23.6 Å². The summed E-state index contributed by atoms with van der Waals surface area (Å²) in [5.41, 5.74) is 0.615. The molecule has 0 aliphatic carbocycles. The van der Waals surface area contributed by atoms with E-state index in [1.165, 1.54) is 12.8 Å². The van der Waals surface area contributed by atoms with Gasteiger partial charge in [0.15, 0.2) is 0 Å². The smallest absolute Gasteiger partial charge is 0.237 e. The summed E-state index contributed by atoms with van der Waals surface area (Å²) in [6.45, 7) is 0. The van der Waals surface area contributed by atoms with E-state index in [-0.39, 0.29) is 6.10 Å². The van der Waals surface area contributed by atoms with Crippen molar-refractivity contribution in [2.45, 2.75) is 43.9 Å². The first-order valence-corrected chi connectivity index (χ1v) is 6.33. The van der Waals surface area contributed by atoms with Gasteiger partial charge in [-0.1, -0.05) is 0 Å². The topological polar surface area (TPSA) is 77.2 Å². The molecule has 7 nitrogen and oxygen atoms in total. The van der Waals surface area contributed by atoms with Gasteiger partial charge in [-0.15, -0.1) is 5.10 Å². The van der Waals surface area contributed by atoms with Crippen LogP contribution in [0.25, 0.3) is 5.65 Å². The predicted octanol–water partition coefficient (Wildman–Crippen LogP) is 0.181. The average molecular weight is 246 g/mol. The second-order valence-electron chi connectivity index (χ2n) is 5.04. The van der Waals surface area contributed by atoms with E-state index < -0.39 is 0 Å². The number of ether oxygens (including phenoxy) is 1. The molecular formula is C11H14N6O. The maximum atomic E-state index is 6.03. The van der Waals surface area contributed by atoms with E-state index in [0.717, 1.165) is 12.8 Å². The summed E-state index contributed by atoms with van der Waals surface area (Å²) in [5.74, 6) is 0.629. The standard InChI is InChI=1S/C11H14N6O/c1-2-8-4-9(3-7(1)13-8)18-11-6-12-5-10-14-15-16-17(10)11/h5-9,13H,1-4H2. The van der Waals surface area contributed by atoms with Crippen molar-refractivity contribution < 1.29 is 4.74 Å². The molecule has 0 radical (unpaired) electrons. The Hall–Kier alpha value is -1.76. The summed E-state index contributed by atoms with van der Waals surface area (Å²) in [5, 5.41) is 15.0. The van der Waals surface area contributed by atoms with Crippen LogP contribution in [0.4, 0.5) is 0 Å². The Kier molecular flexibility index (Phi) is 2.19. The van der Waals surface area contributed by atoms with E-state index in [9.17, 15) is 0 Å². The van der Waals surface area contributed by atoms with Crippen LogP contribution in [0.15, 0.2) is 12.4 Å². The molecule has 0 saturated carbocycles. The molecule has 0 aromatic carbocycles. The molecule has 2 unspecified atom stereocenters. The van der Waals surface area contributed by atoms with Gasteiger partial charge in [0.1, 0.15) is 6.10 Å². The van der Waals surface area contributed by atoms with Crippen molar-refractivity contribution in [2.24, 2.45) is 0 Å². The molecule has 94 valence electrons. The van der Waals surface area contributed by atoms with Crippen molar-refractivity contribution in [1.29, 1.82) is 0 Å². The normalized spacial score (nSPS) is 30.8. The minimum absolute atomic E-state index is 0.236. The number of nitrogens with one attached hydrogen (secondary N) is 1. The first-order chi connectivity index (χ1) is 8.88. The second kappa shape index (κ2) is 3.88. The maximum absolute atomic E-state index is 6.03. The Bertz CT molecular complexity index is 557. The van der Waals surface area contributed by atoms with Crippen molar-refractivity contribution >= 4 is 5.65 Å². The Morgan fingerprint density at radius 1 is 1.22 bits per heavy atom. The summed E-state index contributed by atoms with van der Waals surface area (Å²) < 4.78 is 7.62. The molecule has 4 rings (SSSR count). The lowest BCUT2D eigenvalue weighted by molar-refractivity contribution is 0.128. The highest BCUT2D eigenvalue weighted by Crippen LogP contribution is 2.29. The number of hydrogen-bond donors (Lipinski definition) is 1. The minimum Gasteiger partial charge on any atom is -0.473 e. The molecular weight excluding hydrogens is 232 g/mol. The van der Waals surface area contributed by atoms with Crippen LogP contribution >= 0.6 is 0 Å². The summed E-state index contributed by atoms with van der Waals surface area (Å²) in [4.78, 5) is 4.10. The van der Waals surface area contributed by atoms with Gasteiger partial charge in [0.05, 0.1) is 12.4 Å². The lowest BCUT2D eigenvalue weighted by Gasteiger charge is -2.29. The number of aromatic nitrogens is 5. The van der Waals surface area contributed by atoms with Crippen molar-refractivity contribution in [3.05, 3.63) is 12.4 Å². The van der Waals surface area contributed by atoms with Crippen LogP contribution in [0.3, 0.4) is 0 Å². The van der Waals surface area contributed by atoms with Crippen LogP contribution in [0, 0.1) is 0 Å². The molecule has 2 aliphatic rings. The molecule has 2 aliphatic heterocycles. The first kappa shape index (κ1) is 10.2. The molecule has 0 spiro atoms. The molecule has 18 heavy (non-hydrogen) atoms. The van der Waals surface area contributed by atoms with E-state index in [4.69, 9.17) is 4.74 Å². The SMILES string of the molecule is c1ncc2nnnn2c1OC1CC2CCC(C1)N2. The van der Waals surface area contributed by atoms with Crippen molar-refractivity contribution in [3.8, 4) is 5.88 Å². The highest BCUT2D eigenvalue weighted by Gasteiger charge is 2.34. The molecule has 0 amide bonds. The third kappa shape index (κ3) is 1.62. The van der Waals surface area contributed by atoms with Crippen LogP contribution < -0.4 is 10.1 Å². The summed E-state index contributed by atoms with van der Waals surface area (Å²) >= 11 is 0. The summed E-state index contributed by atoms with van der Waals surface area (Å²) in [6, 6.07) is 1.21. The number of rotatable bonds is 2. The maximum Gasteiger partial charge on any atom is 0.237 e. The van der Waals surface area contributed by atoms with Gasteiger partial charge in [0.25, 0.3) is 0 Å². The van der Waals surface area contributed by atoms with Crippen LogP contribution in [-0.4, -0.2) is 43.2 Å². The van der Waals surface area contributed by atoms with Gasteiger partial charge in [0.2, 0.25) is 11.5 Å². The third-order valence-electron chi connectivity index (χ3n) is 3.79. The molecule has 7 heteroatoms. The molecule has 2 bridgehead atoms. The molecule has 2 aromatic heterocycles. The second-order valence-corrected chi connectivity index (χ2v) is 5.04. The number of hydrogen-bond acceptors (Lipinski definition) is 6. The van der Waals surface area contributed by atoms with Gasteiger partial charge in [-0.25, -0.2) is 0 Å². The Balaban J connectivity index is 1.59. The lowest BCUT2D eigenvalue weighted by Crippen LogP contribution is -2.42. The van der Waals surface area contributed by atoms with Gasteiger partial charge in [-0.2, -0.15) is 4.52 Å². The predicted molar refractivity (Wildman–Crippen MR) is 62.2 cm³/mol. The zero-order valence-electron chi connectivity index (χ0n) is 9.86. The fourth-order valence-electron chi connectivity index (χ4n) is 3.01. The Morgan fingerprint density at radius 3 is 2.89 bits per heavy atom. The molecule has 4 heterocycles. The van der Waals surface area contributed by atoms with E-state index in [1.807, 2.05) is 0 Å². The van der Waals surface area contributed by atoms with Gasteiger partial charge in [-0.3, -0.25) is 4.98 Å². The molecule has 2 saturated heterocycles. The number of nitrogens with zero attached hydrogens (tertiary/aromatic N) is 5. The highest BCUT2D eigenvalue weighted by molar-refractivity contribution is 5.34. The average Bonchev–Trinajstić information content (AvgIpc) is 2.97. The monoisotopic (exact) mass is 246 g/mol. The van der Waals surface area contributed by atoms with E-state index in [1.54, 1.807) is 16.9 Å². The lowest BCUT2D eigenvalue weighted by atomic mass is 10.0. The number of fused-ring (bicyclic) bond motifs is 3. The van der Waals surface area contributed by atoms with Crippen LogP contribution in [0.2, 0.25) is 0 Å². The zero-order valence-corrected chi connectivity index (χ0v) is 9.86. The van der Waals surface area contributed by atoms with Gasteiger partial charge in [0, 0.05) is 12.1 Å². The fourth-order valence-corrected chi connectivity index (χ4v) is 3.01. The largest absolute Gasteiger partial charge is 0.473 e. The van der Waals surface area contributed by atoms with Gasteiger partial charge >= 0.3 is 0 Å². The Morgan fingerprint density at radius 2 is 2.06 bits per heavy atom. The van der Waals surface area contributed by atoms with Crippen LogP contribution in [0.5, 0.6) is 5.88 Å². The number of tetrazole rings is 1. The Labute approximate surface area is 104 Å². The molecule has 1 N–H and O–H groups in total. The van der Waals surface area contributed by atoms with Gasteiger partial charge in [-0.05, 0) is 36.1 Å². The fraction of sp³-hybridized carbons (Fsp3) is 0.636. The van der Waals surface area contributed by atoms with Crippen LogP contribution in [0.1, 0.15) is 25.7 Å². The van der Waals surface area contributed by atoms with Gasteiger partial charge < -0.3 is 10.1 Å². The molecule has 2 fully saturated rings. The van der Waals surface area contributed by atoms with E-state index in [2.05, 4.69) is 25.8 Å². The van der Waals surface area contributed by atoms with Crippen molar-refractivity contribution in [1.82, 2.24) is 30.3 Å². The number of piperidine rings is 1. The van der Waals surface area contributed by atoms with Crippen molar-refractivity contribution in [2.75, 3.05) is 0 Å². The molecule has 2 atom stereocenters. The first-order valence-electron chi connectivity index (χ1n) is 6.33. The minimum atomic E-state index is 0.236. The molecule has 2 aromatic rings. The summed E-state index contributed by atoms with van der Waals surface area (Å²) in [6.07, 6.45) is 8.16. The zero-order chi connectivity index (χ0) is 11.9. The third-order valence-corrected chi connectivity index (χ3v) is 3.79. The van der Waals surface area contributed by atoms with Crippen molar-refractivity contribution in [3.63, 3.8) is 0 Å². The quantitative estimate of drug-likeness (QED) is 0.814. The van der Waals surface area contributed by atoms with Crippen LogP contribution in [-0.2, 0) is 0 Å². The summed E-state index contributed by atoms with van der Waals surface area (Å²) in [7, 11) is 0.